The largest absolute Gasteiger partial charge is 0.504 e. The van der Waals surface area contributed by atoms with Crippen LogP contribution < -0.4 is 15.5 Å². The number of hydrogen-bond donors (Lipinski definition) is 3. The van der Waals surface area contributed by atoms with Crippen LogP contribution in [-0.2, 0) is 16.0 Å². The van der Waals surface area contributed by atoms with Crippen molar-refractivity contribution in [2.45, 2.75) is 19.8 Å². The number of carbonyl (C=O) groups is 2. The zero-order valence-electron chi connectivity index (χ0n) is 15.9. The highest BCUT2D eigenvalue weighted by Crippen LogP contribution is 2.31. The Balaban J connectivity index is 1.95. The van der Waals surface area contributed by atoms with Crippen molar-refractivity contribution in [3.8, 4) is 11.5 Å². The summed E-state index contributed by atoms with van der Waals surface area (Å²) in [6.07, 6.45) is 3.13. The Morgan fingerprint density at radius 3 is 2.62 bits per heavy atom. The summed E-state index contributed by atoms with van der Waals surface area (Å²) in [4.78, 5) is 23.8. The number of phenols is 1. The molecule has 0 radical (unpaired) electrons. The molecule has 0 unspecified atom stereocenters. The molecule has 0 heterocycles. The molecule has 0 fully saturated rings. The molecule has 152 valence electrons. The first-order valence-corrected chi connectivity index (χ1v) is 9.27. The number of carbonyl (C=O) groups excluding carboxylic acids is 2. The van der Waals surface area contributed by atoms with Gasteiger partial charge in [0.2, 0.25) is 11.8 Å². The lowest BCUT2D eigenvalue weighted by Gasteiger charge is -2.10. The Kier molecular flexibility index (Phi) is 8.24. The Bertz CT molecular complexity index is 911. The van der Waals surface area contributed by atoms with Gasteiger partial charge in [-0.2, -0.15) is 5.10 Å². The number of nitrogens with one attached hydrogen (secondary N) is 2. The second-order valence-electron chi connectivity index (χ2n) is 5.98. The molecule has 3 N–H and O–H groups in total. The molecule has 0 aliphatic heterocycles. The minimum Gasteiger partial charge on any atom is -0.504 e. The Morgan fingerprint density at radius 2 is 1.97 bits per heavy atom. The first-order valence-electron chi connectivity index (χ1n) is 8.89. The predicted molar refractivity (Wildman–Crippen MR) is 114 cm³/mol. The van der Waals surface area contributed by atoms with Gasteiger partial charge in [0.1, 0.15) is 6.42 Å². The van der Waals surface area contributed by atoms with E-state index in [1.54, 1.807) is 42.5 Å². The van der Waals surface area contributed by atoms with Crippen molar-refractivity contribution in [1.29, 1.82) is 0 Å². The number of hydrogen-bond acceptors (Lipinski definition) is 5. The number of halogens is 1. The van der Waals surface area contributed by atoms with Crippen molar-refractivity contribution in [3.63, 3.8) is 0 Å². The molecule has 0 atom stereocenters. The maximum atomic E-state index is 11.9. The summed E-state index contributed by atoms with van der Waals surface area (Å²) in [6, 6.07) is 9.86. The predicted octanol–water partition coefficient (Wildman–Crippen LogP) is 3.65. The fraction of sp³-hybridized carbons (Fsp3) is 0.190. The molecule has 0 aromatic heterocycles. The SMILES string of the molecule is C=CCc1cc(/C=N/NC(=O)CC(=O)Nc2ccc(Cl)cc2)cc(OCC)c1O. The van der Waals surface area contributed by atoms with Gasteiger partial charge in [-0.1, -0.05) is 17.7 Å². The zero-order valence-corrected chi connectivity index (χ0v) is 16.7. The summed E-state index contributed by atoms with van der Waals surface area (Å²) < 4.78 is 5.41. The molecule has 0 saturated heterocycles. The molecular formula is C21H22ClN3O4. The molecule has 7 nitrogen and oxygen atoms in total. The van der Waals surface area contributed by atoms with E-state index in [0.29, 0.717) is 40.6 Å². The number of anilines is 1. The third-order valence-electron chi connectivity index (χ3n) is 3.69. The summed E-state index contributed by atoms with van der Waals surface area (Å²) in [6.45, 7) is 5.86. The maximum Gasteiger partial charge on any atom is 0.249 e. The summed E-state index contributed by atoms with van der Waals surface area (Å²) in [7, 11) is 0. The number of aromatic hydroxyl groups is 1. The number of rotatable bonds is 9. The van der Waals surface area contributed by atoms with Crippen molar-refractivity contribution >= 4 is 35.3 Å². The molecule has 0 aliphatic rings. The van der Waals surface area contributed by atoms with Gasteiger partial charge < -0.3 is 15.2 Å². The molecule has 8 heteroatoms. The van der Waals surface area contributed by atoms with Crippen LogP contribution in [0, 0.1) is 0 Å². The van der Waals surface area contributed by atoms with E-state index in [9.17, 15) is 14.7 Å². The zero-order chi connectivity index (χ0) is 21.2. The molecule has 2 aromatic rings. The van der Waals surface area contributed by atoms with Crippen LogP contribution in [0.5, 0.6) is 11.5 Å². The van der Waals surface area contributed by atoms with Crippen LogP contribution in [-0.4, -0.2) is 29.7 Å². The molecular weight excluding hydrogens is 394 g/mol. The molecule has 0 aliphatic carbocycles. The van der Waals surface area contributed by atoms with E-state index < -0.39 is 11.8 Å². The minimum absolute atomic E-state index is 0.0480. The lowest BCUT2D eigenvalue weighted by atomic mass is 10.1. The van der Waals surface area contributed by atoms with Crippen molar-refractivity contribution < 1.29 is 19.4 Å². The van der Waals surface area contributed by atoms with Gasteiger partial charge in [0.05, 0.1) is 12.8 Å². The van der Waals surface area contributed by atoms with Crippen molar-refractivity contribution in [1.82, 2.24) is 5.43 Å². The monoisotopic (exact) mass is 415 g/mol. The van der Waals surface area contributed by atoms with Crippen LogP contribution in [0.1, 0.15) is 24.5 Å². The second-order valence-corrected chi connectivity index (χ2v) is 6.41. The van der Waals surface area contributed by atoms with Gasteiger partial charge in [0.25, 0.3) is 0 Å². The molecule has 2 rings (SSSR count). The van der Waals surface area contributed by atoms with E-state index >= 15 is 0 Å². The fourth-order valence-electron chi connectivity index (χ4n) is 2.44. The van der Waals surface area contributed by atoms with Gasteiger partial charge in [-0.25, -0.2) is 5.43 Å². The Labute approximate surface area is 174 Å². The first-order chi connectivity index (χ1) is 13.9. The van der Waals surface area contributed by atoms with Gasteiger partial charge in [0.15, 0.2) is 11.5 Å². The Morgan fingerprint density at radius 1 is 1.24 bits per heavy atom. The van der Waals surface area contributed by atoms with Crippen LogP contribution in [0.3, 0.4) is 0 Å². The summed E-state index contributed by atoms with van der Waals surface area (Å²) in [5.74, 6) is -0.673. The van der Waals surface area contributed by atoms with Crippen LogP contribution in [0.4, 0.5) is 5.69 Å². The third-order valence-corrected chi connectivity index (χ3v) is 3.94. The molecule has 0 bridgehead atoms. The highest BCUT2D eigenvalue weighted by molar-refractivity contribution is 6.30. The van der Waals surface area contributed by atoms with Crippen molar-refractivity contribution in [2.24, 2.45) is 5.10 Å². The van der Waals surface area contributed by atoms with Crippen molar-refractivity contribution in [3.05, 3.63) is 65.2 Å². The highest BCUT2D eigenvalue weighted by Gasteiger charge is 2.11. The average Bonchev–Trinajstić information content (AvgIpc) is 2.67. The van der Waals surface area contributed by atoms with E-state index in [2.05, 4.69) is 22.4 Å². The van der Waals surface area contributed by atoms with Gasteiger partial charge in [-0.15, -0.1) is 6.58 Å². The lowest BCUT2D eigenvalue weighted by molar-refractivity contribution is -0.126. The van der Waals surface area contributed by atoms with Crippen LogP contribution >= 0.6 is 11.6 Å². The smallest absolute Gasteiger partial charge is 0.249 e. The molecule has 0 spiro atoms. The van der Waals surface area contributed by atoms with Crippen LogP contribution in [0.25, 0.3) is 0 Å². The number of allylic oxidation sites excluding steroid dienone is 1. The summed E-state index contributed by atoms with van der Waals surface area (Å²) in [5.41, 5.74) is 4.08. The number of amides is 2. The topological polar surface area (TPSA) is 100 Å². The van der Waals surface area contributed by atoms with E-state index in [0.717, 1.165) is 0 Å². The van der Waals surface area contributed by atoms with Gasteiger partial charge in [-0.3, -0.25) is 9.59 Å². The molecule has 0 saturated carbocycles. The van der Waals surface area contributed by atoms with E-state index in [1.165, 1.54) is 6.21 Å². The second kappa shape index (κ2) is 10.9. The van der Waals surface area contributed by atoms with E-state index in [-0.39, 0.29) is 12.2 Å². The highest BCUT2D eigenvalue weighted by atomic mass is 35.5. The molecule has 2 aromatic carbocycles. The van der Waals surface area contributed by atoms with Crippen molar-refractivity contribution in [2.75, 3.05) is 11.9 Å². The summed E-state index contributed by atoms with van der Waals surface area (Å²) in [5, 5.41) is 17.2. The first kappa shape index (κ1) is 22.0. The summed E-state index contributed by atoms with van der Waals surface area (Å²) >= 11 is 5.78. The average molecular weight is 416 g/mol. The van der Waals surface area contributed by atoms with Crippen LogP contribution in [0.2, 0.25) is 5.02 Å². The van der Waals surface area contributed by atoms with E-state index in [4.69, 9.17) is 16.3 Å². The molecule has 29 heavy (non-hydrogen) atoms. The van der Waals surface area contributed by atoms with Gasteiger partial charge >= 0.3 is 0 Å². The Hall–Kier alpha value is -3.32. The number of phenolic OH excluding ortho intramolecular Hbond substituents is 1. The maximum absolute atomic E-state index is 11.9. The number of hydrazone groups is 1. The fourth-order valence-corrected chi connectivity index (χ4v) is 2.57. The third kappa shape index (κ3) is 6.97. The van der Waals surface area contributed by atoms with Crippen LogP contribution in [0.15, 0.2) is 54.2 Å². The number of benzene rings is 2. The van der Waals surface area contributed by atoms with Gasteiger partial charge in [0, 0.05) is 16.3 Å². The van der Waals surface area contributed by atoms with Gasteiger partial charge in [-0.05, 0) is 55.3 Å². The minimum atomic E-state index is -0.567. The van der Waals surface area contributed by atoms with E-state index in [1.807, 2.05) is 6.92 Å². The number of ether oxygens (including phenoxy) is 1. The molecule has 2 amide bonds. The normalized spacial score (nSPS) is 10.6. The standard InChI is InChI=1S/C21H22ClN3O4/c1-3-5-15-10-14(11-18(21(15)28)29-4-2)13-23-25-20(27)12-19(26)24-17-8-6-16(22)7-9-17/h3,6-11,13,28H,1,4-5,12H2,2H3,(H,24,26)(H,25,27)/b23-13+. The quantitative estimate of drug-likeness (QED) is 0.252. The number of nitrogens with zero attached hydrogens (tertiary/aromatic N) is 1. The lowest BCUT2D eigenvalue weighted by Crippen LogP contribution is -2.24.